The third-order valence-electron chi connectivity index (χ3n) is 2.76. The standard InChI is InChI=1S/C14H8BrF5/c15-13(8-1-4-10(16)5-2-8)11-7-9(14(18,19)20)3-6-12(11)17/h1-7,13H. The van der Waals surface area contributed by atoms with Crippen molar-refractivity contribution in [2.24, 2.45) is 0 Å². The summed E-state index contributed by atoms with van der Waals surface area (Å²) < 4.78 is 64.4. The highest BCUT2D eigenvalue weighted by molar-refractivity contribution is 9.09. The fourth-order valence-corrected chi connectivity index (χ4v) is 2.38. The van der Waals surface area contributed by atoms with Crippen LogP contribution >= 0.6 is 15.9 Å². The molecule has 0 nitrogen and oxygen atoms in total. The van der Waals surface area contributed by atoms with E-state index in [2.05, 4.69) is 15.9 Å². The molecule has 1 unspecified atom stereocenters. The first-order chi connectivity index (χ1) is 9.29. The minimum Gasteiger partial charge on any atom is -0.207 e. The van der Waals surface area contributed by atoms with Crippen LogP contribution in [0.2, 0.25) is 0 Å². The molecule has 106 valence electrons. The van der Waals surface area contributed by atoms with E-state index in [1.165, 1.54) is 12.1 Å². The van der Waals surface area contributed by atoms with Gasteiger partial charge in [-0.05, 0) is 35.9 Å². The lowest BCUT2D eigenvalue weighted by molar-refractivity contribution is -0.137. The van der Waals surface area contributed by atoms with Gasteiger partial charge < -0.3 is 0 Å². The highest BCUT2D eigenvalue weighted by Crippen LogP contribution is 2.36. The number of hydrogen-bond acceptors (Lipinski definition) is 0. The van der Waals surface area contributed by atoms with Crippen LogP contribution in [-0.4, -0.2) is 0 Å². The summed E-state index contributed by atoms with van der Waals surface area (Å²) in [5.74, 6) is -1.23. The fraction of sp³-hybridized carbons (Fsp3) is 0.143. The molecule has 0 aromatic heterocycles. The highest BCUT2D eigenvalue weighted by Gasteiger charge is 2.32. The van der Waals surface area contributed by atoms with Gasteiger partial charge in [-0.1, -0.05) is 28.1 Å². The lowest BCUT2D eigenvalue weighted by Crippen LogP contribution is -2.07. The lowest BCUT2D eigenvalue weighted by Gasteiger charge is -2.14. The predicted octanol–water partition coefficient (Wildman–Crippen LogP) is 5.47. The van der Waals surface area contributed by atoms with Crippen molar-refractivity contribution in [1.82, 2.24) is 0 Å². The van der Waals surface area contributed by atoms with Gasteiger partial charge in [0, 0.05) is 5.56 Å². The Labute approximate surface area is 120 Å². The van der Waals surface area contributed by atoms with Crippen molar-refractivity contribution in [3.8, 4) is 0 Å². The molecule has 0 amide bonds. The molecule has 2 rings (SSSR count). The van der Waals surface area contributed by atoms with Crippen LogP contribution in [0, 0.1) is 11.6 Å². The second kappa shape index (κ2) is 5.52. The van der Waals surface area contributed by atoms with Gasteiger partial charge in [-0.15, -0.1) is 0 Å². The summed E-state index contributed by atoms with van der Waals surface area (Å²) in [5.41, 5.74) is -0.614. The first kappa shape index (κ1) is 15.0. The van der Waals surface area contributed by atoms with Gasteiger partial charge >= 0.3 is 6.18 Å². The van der Waals surface area contributed by atoms with Gasteiger partial charge in [-0.2, -0.15) is 13.2 Å². The monoisotopic (exact) mass is 350 g/mol. The predicted molar refractivity (Wildman–Crippen MR) is 68.6 cm³/mol. The van der Waals surface area contributed by atoms with Crippen LogP contribution in [0.1, 0.15) is 21.5 Å². The second-order valence-corrected chi connectivity index (χ2v) is 5.06. The normalized spacial score (nSPS) is 13.3. The first-order valence-corrected chi connectivity index (χ1v) is 6.47. The molecule has 0 heterocycles. The molecule has 0 radical (unpaired) electrons. The molecular formula is C14H8BrF5. The van der Waals surface area contributed by atoms with Gasteiger partial charge in [0.05, 0.1) is 10.4 Å². The molecule has 0 bridgehead atoms. The van der Waals surface area contributed by atoms with Crippen LogP contribution in [0.4, 0.5) is 22.0 Å². The first-order valence-electron chi connectivity index (χ1n) is 5.55. The fourth-order valence-electron chi connectivity index (χ4n) is 1.73. The molecule has 0 saturated heterocycles. The molecule has 2 aromatic rings. The third-order valence-corrected chi connectivity index (χ3v) is 3.78. The average Bonchev–Trinajstić information content (AvgIpc) is 2.38. The van der Waals surface area contributed by atoms with Gasteiger partial charge in [0.1, 0.15) is 11.6 Å². The summed E-state index contributed by atoms with van der Waals surface area (Å²) in [7, 11) is 0. The Kier molecular flexibility index (Phi) is 4.13. The third kappa shape index (κ3) is 3.17. The number of hydrogen-bond donors (Lipinski definition) is 0. The van der Waals surface area contributed by atoms with Crippen LogP contribution in [0.25, 0.3) is 0 Å². The maximum Gasteiger partial charge on any atom is 0.416 e. The van der Waals surface area contributed by atoms with E-state index in [1.807, 2.05) is 0 Å². The molecule has 20 heavy (non-hydrogen) atoms. The van der Waals surface area contributed by atoms with Crippen molar-refractivity contribution in [1.29, 1.82) is 0 Å². The molecule has 0 aliphatic rings. The zero-order chi connectivity index (χ0) is 14.9. The van der Waals surface area contributed by atoms with Crippen LogP contribution < -0.4 is 0 Å². The van der Waals surface area contributed by atoms with E-state index < -0.39 is 28.2 Å². The zero-order valence-electron chi connectivity index (χ0n) is 9.89. The summed E-state index contributed by atoms with van der Waals surface area (Å²) in [6, 6.07) is 7.30. The van der Waals surface area contributed by atoms with Crippen LogP contribution in [0.3, 0.4) is 0 Å². The van der Waals surface area contributed by atoms with Crippen molar-refractivity contribution < 1.29 is 22.0 Å². The summed E-state index contributed by atoms with van der Waals surface area (Å²) in [6.45, 7) is 0. The largest absolute Gasteiger partial charge is 0.416 e. The minimum absolute atomic E-state index is 0.147. The van der Waals surface area contributed by atoms with Crippen molar-refractivity contribution in [3.63, 3.8) is 0 Å². The quantitative estimate of drug-likeness (QED) is 0.497. The molecule has 2 aromatic carbocycles. The Morgan fingerprint density at radius 2 is 1.50 bits per heavy atom. The zero-order valence-corrected chi connectivity index (χ0v) is 11.5. The van der Waals surface area contributed by atoms with Gasteiger partial charge in [-0.25, -0.2) is 8.78 Å². The van der Waals surface area contributed by atoms with Crippen molar-refractivity contribution in [3.05, 3.63) is 70.8 Å². The van der Waals surface area contributed by atoms with E-state index in [1.54, 1.807) is 0 Å². The van der Waals surface area contributed by atoms with Gasteiger partial charge in [-0.3, -0.25) is 0 Å². The molecule has 0 spiro atoms. The molecule has 6 heteroatoms. The van der Waals surface area contributed by atoms with Gasteiger partial charge in [0.25, 0.3) is 0 Å². The Balaban J connectivity index is 2.43. The van der Waals surface area contributed by atoms with E-state index in [-0.39, 0.29) is 5.56 Å². The van der Waals surface area contributed by atoms with E-state index in [0.29, 0.717) is 11.6 Å². The number of benzene rings is 2. The molecule has 0 aliphatic heterocycles. The SMILES string of the molecule is Fc1ccc(C(Br)c2cc(C(F)(F)F)ccc2F)cc1. The van der Waals surface area contributed by atoms with Crippen LogP contribution in [-0.2, 0) is 6.18 Å². The van der Waals surface area contributed by atoms with E-state index >= 15 is 0 Å². The second-order valence-electron chi connectivity index (χ2n) is 4.15. The molecular weight excluding hydrogens is 343 g/mol. The van der Waals surface area contributed by atoms with Crippen molar-refractivity contribution in [2.45, 2.75) is 11.0 Å². The molecule has 0 aliphatic carbocycles. The maximum absolute atomic E-state index is 13.7. The topological polar surface area (TPSA) is 0 Å². The Bertz CT molecular complexity index is 604. The summed E-state index contributed by atoms with van der Waals surface area (Å²) in [6.07, 6.45) is -4.54. The highest BCUT2D eigenvalue weighted by atomic mass is 79.9. The van der Waals surface area contributed by atoms with E-state index in [9.17, 15) is 22.0 Å². The summed E-state index contributed by atoms with van der Waals surface area (Å²) in [5, 5.41) is 0. The maximum atomic E-state index is 13.7. The number of rotatable bonds is 2. The van der Waals surface area contributed by atoms with Gasteiger partial charge in [0.15, 0.2) is 0 Å². The lowest BCUT2D eigenvalue weighted by atomic mass is 10.0. The molecule has 1 atom stereocenters. The van der Waals surface area contributed by atoms with Gasteiger partial charge in [0.2, 0.25) is 0 Å². The molecule has 0 N–H and O–H groups in total. The Hall–Kier alpha value is -1.43. The summed E-state index contributed by atoms with van der Waals surface area (Å²) >= 11 is 3.14. The summed E-state index contributed by atoms with van der Waals surface area (Å²) in [4.78, 5) is -0.787. The molecule has 0 fully saturated rings. The number of alkyl halides is 4. The minimum atomic E-state index is -4.54. The van der Waals surface area contributed by atoms with E-state index in [0.717, 1.165) is 24.3 Å². The number of halogens is 6. The molecule has 0 saturated carbocycles. The Morgan fingerprint density at radius 3 is 2.05 bits per heavy atom. The average molecular weight is 351 g/mol. The smallest absolute Gasteiger partial charge is 0.207 e. The van der Waals surface area contributed by atoms with Crippen molar-refractivity contribution >= 4 is 15.9 Å². The van der Waals surface area contributed by atoms with Crippen LogP contribution in [0.15, 0.2) is 42.5 Å². The van der Waals surface area contributed by atoms with E-state index in [4.69, 9.17) is 0 Å². The van der Waals surface area contributed by atoms with Crippen LogP contribution in [0.5, 0.6) is 0 Å². The Morgan fingerprint density at radius 1 is 0.900 bits per heavy atom. The van der Waals surface area contributed by atoms with Crippen molar-refractivity contribution in [2.75, 3.05) is 0 Å².